The smallest absolute Gasteiger partial charge is 0.257 e. The lowest BCUT2D eigenvalue weighted by molar-refractivity contribution is 0.0743. The molecule has 0 heterocycles. The van der Waals surface area contributed by atoms with Crippen molar-refractivity contribution in [3.05, 3.63) is 71.3 Å². The first-order chi connectivity index (χ1) is 10.1. The molecule has 2 aromatic rings. The highest BCUT2D eigenvalue weighted by molar-refractivity contribution is 5.94. The van der Waals surface area contributed by atoms with E-state index in [4.69, 9.17) is 5.73 Å². The van der Waals surface area contributed by atoms with Crippen molar-refractivity contribution in [2.45, 2.75) is 6.54 Å². The van der Waals surface area contributed by atoms with Crippen molar-refractivity contribution in [3.8, 4) is 0 Å². The molecule has 0 radical (unpaired) electrons. The summed E-state index contributed by atoms with van der Waals surface area (Å²) in [5.74, 6) is -2.07. The average Bonchev–Trinajstić information content (AvgIpc) is 2.47. The van der Waals surface area contributed by atoms with E-state index in [0.717, 1.165) is 17.7 Å². The topological polar surface area (TPSA) is 46.3 Å². The standard InChI is InChI=1S/C16H16F2N2O/c17-13-6-7-14(15(18)10-13)16(21)20(9-8-19)11-12-4-2-1-3-5-12/h1-7,10H,8-9,11,19H2. The summed E-state index contributed by atoms with van der Waals surface area (Å²) in [4.78, 5) is 13.8. The summed E-state index contributed by atoms with van der Waals surface area (Å²) >= 11 is 0. The van der Waals surface area contributed by atoms with E-state index in [9.17, 15) is 13.6 Å². The molecule has 1 amide bonds. The van der Waals surface area contributed by atoms with Crippen molar-refractivity contribution in [1.82, 2.24) is 4.90 Å². The number of hydrogen-bond donors (Lipinski definition) is 1. The van der Waals surface area contributed by atoms with Crippen LogP contribution in [-0.4, -0.2) is 23.9 Å². The van der Waals surface area contributed by atoms with E-state index in [1.54, 1.807) is 0 Å². The molecule has 0 aromatic heterocycles. The lowest BCUT2D eigenvalue weighted by atomic mass is 10.1. The van der Waals surface area contributed by atoms with E-state index in [-0.39, 0.29) is 12.1 Å². The van der Waals surface area contributed by atoms with Gasteiger partial charge in [0.15, 0.2) is 0 Å². The number of nitrogens with zero attached hydrogens (tertiary/aromatic N) is 1. The zero-order valence-electron chi connectivity index (χ0n) is 11.4. The summed E-state index contributed by atoms with van der Waals surface area (Å²) in [6.45, 7) is 0.889. The summed E-state index contributed by atoms with van der Waals surface area (Å²) in [6.07, 6.45) is 0. The van der Waals surface area contributed by atoms with Crippen molar-refractivity contribution in [2.75, 3.05) is 13.1 Å². The average molecular weight is 290 g/mol. The molecule has 3 nitrogen and oxygen atoms in total. The van der Waals surface area contributed by atoms with E-state index < -0.39 is 17.5 Å². The number of benzene rings is 2. The zero-order valence-corrected chi connectivity index (χ0v) is 11.4. The monoisotopic (exact) mass is 290 g/mol. The molecule has 0 fully saturated rings. The predicted molar refractivity (Wildman–Crippen MR) is 76.6 cm³/mol. The van der Waals surface area contributed by atoms with Crippen molar-refractivity contribution >= 4 is 5.91 Å². The van der Waals surface area contributed by atoms with E-state index in [1.807, 2.05) is 30.3 Å². The van der Waals surface area contributed by atoms with Crippen LogP contribution in [-0.2, 0) is 6.54 Å². The van der Waals surface area contributed by atoms with Gasteiger partial charge in [0, 0.05) is 25.7 Å². The number of amides is 1. The maximum atomic E-state index is 13.7. The lowest BCUT2D eigenvalue weighted by Crippen LogP contribution is -2.35. The molecular formula is C16H16F2N2O. The van der Waals surface area contributed by atoms with Crippen LogP contribution in [0, 0.1) is 11.6 Å². The third-order valence-corrected chi connectivity index (χ3v) is 3.06. The van der Waals surface area contributed by atoms with Gasteiger partial charge in [-0.05, 0) is 17.7 Å². The first-order valence-corrected chi connectivity index (χ1v) is 6.60. The van der Waals surface area contributed by atoms with Gasteiger partial charge in [-0.3, -0.25) is 4.79 Å². The second-order valence-corrected chi connectivity index (χ2v) is 4.63. The number of hydrogen-bond acceptors (Lipinski definition) is 2. The Morgan fingerprint density at radius 3 is 2.43 bits per heavy atom. The Morgan fingerprint density at radius 1 is 1.10 bits per heavy atom. The fourth-order valence-electron chi connectivity index (χ4n) is 2.05. The number of carbonyl (C=O) groups is 1. The Hall–Kier alpha value is -2.27. The van der Waals surface area contributed by atoms with Gasteiger partial charge in [0.25, 0.3) is 5.91 Å². The SMILES string of the molecule is NCCN(Cc1ccccc1)C(=O)c1ccc(F)cc1F. The molecular weight excluding hydrogens is 274 g/mol. The maximum Gasteiger partial charge on any atom is 0.257 e. The van der Waals surface area contributed by atoms with E-state index >= 15 is 0 Å². The van der Waals surface area contributed by atoms with Gasteiger partial charge in [0.2, 0.25) is 0 Å². The molecule has 110 valence electrons. The first kappa shape index (κ1) is 15.1. The van der Waals surface area contributed by atoms with Crippen LogP contribution >= 0.6 is 0 Å². The summed E-state index contributed by atoms with van der Waals surface area (Å²) in [7, 11) is 0. The van der Waals surface area contributed by atoms with Crippen molar-refractivity contribution in [2.24, 2.45) is 5.73 Å². The van der Waals surface area contributed by atoms with Crippen LogP contribution in [0.1, 0.15) is 15.9 Å². The molecule has 5 heteroatoms. The first-order valence-electron chi connectivity index (χ1n) is 6.60. The molecule has 0 spiro atoms. The normalized spacial score (nSPS) is 10.4. The van der Waals surface area contributed by atoms with E-state index in [2.05, 4.69) is 0 Å². The Kier molecular flexibility index (Phi) is 5.00. The molecule has 0 aliphatic heterocycles. The van der Waals surface area contributed by atoms with Crippen LogP contribution in [0.15, 0.2) is 48.5 Å². The Labute approximate surface area is 122 Å². The Balaban J connectivity index is 2.23. The Morgan fingerprint density at radius 2 is 1.81 bits per heavy atom. The minimum absolute atomic E-state index is 0.152. The van der Waals surface area contributed by atoms with Crippen LogP contribution in [0.2, 0.25) is 0 Å². The zero-order chi connectivity index (χ0) is 15.2. The van der Waals surface area contributed by atoms with E-state index in [0.29, 0.717) is 19.2 Å². The minimum atomic E-state index is -0.866. The number of rotatable bonds is 5. The third-order valence-electron chi connectivity index (χ3n) is 3.06. The van der Waals surface area contributed by atoms with Crippen molar-refractivity contribution in [3.63, 3.8) is 0 Å². The lowest BCUT2D eigenvalue weighted by Gasteiger charge is -2.22. The summed E-state index contributed by atoms with van der Waals surface area (Å²) in [6, 6.07) is 12.3. The highest BCUT2D eigenvalue weighted by atomic mass is 19.1. The molecule has 2 N–H and O–H groups in total. The van der Waals surface area contributed by atoms with Crippen LogP contribution in [0.4, 0.5) is 8.78 Å². The molecule has 0 atom stereocenters. The number of nitrogens with two attached hydrogens (primary N) is 1. The molecule has 0 aliphatic rings. The Bertz CT molecular complexity index is 617. The van der Waals surface area contributed by atoms with Crippen molar-refractivity contribution in [1.29, 1.82) is 0 Å². The van der Waals surface area contributed by atoms with Crippen molar-refractivity contribution < 1.29 is 13.6 Å². The van der Waals surface area contributed by atoms with Crippen LogP contribution in [0.25, 0.3) is 0 Å². The highest BCUT2D eigenvalue weighted by Crippen LogP contribution is 2.14. The quantitative estimate of drug-likeness (QED) is 0.920. The molecule has 21 heavy (non-hydrogen) atoms. The van der Waals surface area contributed by atoms with Gasteiger partial charge >= 0.3 is 0 Å². The van der Waals surface area contributed by atoms with Gasteiger partial charge in [0.05, 0.1) is 5.56 Å². The maximum absolute atomic E-state index is 13.7. The summed E-state index contributed by atoms with van der Waals surface area (Å²) < 4.78 is 26.6. The third kappa shape index (κ3) is 3.86. The van der Waals surface area contributed by atoms with Gasteiger partial charge < -0.3 is 10.6 Å². The molecule has 0 saturated heterocycles. The molecule has 0 bridgehead atoms. The largest absolute Gasteiger partial charge is 0.333 e. The molecule has 0 aliphatic carbocycles. The molecule has 0 unspecified atom stereocenters. The molecule has 2 aromatic carbocycles. The van der Waals surface area contributed by atoms with Gasteiger partial charge in [0.1, 0.15) is 11.6 Å². The highest BCUT2D eigenvalue weighted by Gasteiger charge is 2.19. The van der Waals surface area contributed by atoms with Gasteiger partial charge in [-0.25, -0.2) is 8.78 Å². The van der Waals surface area contributed by atoms with E-state index in [1.165, 1.54) is 4.90 Å². The van der Waals surface area contributed by atoms with Gasteiger partial charge in [-0.15, -0.1) is 0 Å². The predicted octanol–water partition coefficient (Wildman–Crippen LogP) is 2.57. The van der Waals surface area contributed by atoms with Gasteiger partial charge in [-0.1, -0.05) is 30.3 Å². The molecule has 2 rings (SSSR count). The van der Waals surface area contributed by atoms with Crippen LogP contribution < -0.4 is 5.73 Å². The molecule has 0 saturated carbocycles. The van der Waals surface area contributed by atoms with Gasteiger partial charge in [-0.2, -0.15) is 0 Å². The number of halogens is 2. The fraction of sp³-hybridized carbons (Fsp3) is 0.188. The minimum Gasteiger partial charge on any atom is -0.333 e. The van der Waals surface area contributed by atoms with Crippen LogP contribution in [0.3, 0.4) is 0 Å². The fourth-order valence-corrected chi connectivity index (χ4v) is 2.05. The number of carbonyl (C=O) groups excluding carboxylic acids is 1. The second-order valence-electron chi connectivity index (χ2n) is 4.63. The summed E-state index contributed by atoms with van der Waals surface area (Å²) in [5.41, 5.74) is 6.28. The second kappa shape index (κ2) is 6.95. The van der Waals surface area contributed by atoms with Crippen LogP contribution in [0.5, 0.6) is 0 Å². The summed E-state index contributed by atoms with van der Waals surface area (Å²) in [5, 5.41) is 0.